The summed E-state index contributed by atoms with van der Waals surface area (Å²) < 4.78 is 0. The molecule has 0 aromatic heterocycles. The quantitative estimate of drug-likeness (QED) is 0.786. The lowest BCUT2D eigenvalue weighted by molar-refractivity contribution is -0.155. The first kappa shape index (κ1) is 12.9. The molecule has 1 aromatic carbocycles. The van der Waals surface area contributed by atoms with Crippen molar-refractivity contribution in [2.45, 2.75) is 31.8 Å². The lowest BCUT2D eigenvalue weighted by Gasteiger charge is -2.46. The van der Waals surface area contributed by atoms with Crippen LogP contribution in [0.2, 0.25) is 0 Å². The largest absolute Gasteiger partial charge is 0.399 e. The van der Waals surface area contributed by atoms with Crippen LogP contribution in [0.3, 0.4) is 0 Å². The van der Waals surface area contributed by atoms with E-state index in [9.17, 15) is 9.90 Å². The number of hydrogen-bond donors (Lipinski definition) is 2. The maximum absolute atomic E-state index is 11.9. The first-order valence-electron chi connectivity index (χ1n) is 6.37. The first-order valence-corrected chi connectivity index (χ1v) is 6.37. The number of likely N-dealkylation sites (tertiary alicyclic amines) is 1. The van der Waals surface area contributed by atoms with Gasteiger partial charge in [-0.25, -0.2) is 0 Å². The molecule has 3 N–H and O–H groups in total. The number of aryl methyl sites for hydroxylation is 1. The van der Waals surface area contributed by atoms with Crippen molar-refractivity contribution < 1.29 is 9.90 Å². The summed E-state index contributed by atoms with van der Waals surface area (Å²) >= 11 is 0. The van der Waals surface area contributed by atoms with Gasteiger partial charge in [0.25, 0.3) is 0 Å². The number of nitrogen functional groups attached to an aromatic ring is 1. The molecule has 0 saturated carbocycles. The number of amides is 1. The van der Waals surface area contributed by atoms with E-state index in [1.54, 1.807) is 4.90 Å². The fourth-order valence-corrected chi connectivity index (χ4v) is 2.23. The molecule has 0 atom stereocenters. The summed E-state index contributed by atoms with van der Waals surface area (Å²) in [5.74, 6) is 0.0939. The van der Waals surface area contributed by atoms with Crippen LogP contribution in [-0.2, 0) is 11.2 Å². The highest BCUT2D eigenvalue weighted by atomic mass is 16.3. The van der Waals surface area contributed by atoms with Crippen molar-refractivity contribution in [1.29, 1.82) is 0 Å². The smallest absolute Gasteiger partial charge is 0.223 e. The number of hydrogen-bond acceptors (Lipinski definition) is 3. The van der Waals surface area contributed by atoms with Crippen LogP contribution in [0.5, 0.6) is 0 Å². The molecule has 0 radical (unpaired) electrons. The molecule has 1 fully saturated rings. The van der Waals surface area contributed by atoms with Gasteiger partial charge < -0.3 is 15.7 Å². The number of aliphatic hydroxyl groups is 1. The molecule has 2 rings (SSSR count). The molecule has 4 heteroatoms. The molecular weight excluding hydrogens is 228 g/mol. The normalized spacial score (nSPS) is 17.3. The Hall–Kier alpha value is -1.55. The Morgan fingerprint density at radius 3 is 2.72 bits per heavy atom. The average molecular weight is 248 g/mol. The molecule has 0 aliphatic carbocycles. The molecule has 18 heavy (non-hydrogen) atoms. The maximum atomic E-state index is 11.9. The lowest BCUT2D eigenvalue weighted by Crippen LogP contribution is -2.63. The Kier molecular flexibility index (Phi) is 3.57. The zero-order valence-electron chi connectivity index (χ0n) is 10.7. The van der Waals surface area contributed by atoms with Crippen LogP contribution in [0.1, 0.15) is 25.3 Å². The minimum Gasteiger partial charge on any atom is -0.399 e. The Morgan fingerprint density at radius 2 is 2.11 bits per heavy atom. The highest BCUT2D eigenvalue weighted by Crippen LogP contribution is 2.25. The lowest BCUT2D eigenvalue weighted by atomic mass is 9.91. The van der Waals surface area contributed by atoms with Gasteiger partial charge in [0.1, 0.15) is 0 Å². The number of rotatable bonds is 4. The van der Waals surface area contributed by atoms with E-state index < -0.39 is 5.60 Å². The molecule has 98 valence electrons. The Bertz CT molecular complexity index is 439. The number of carbonyl (C=O) groups excluding carboxylic acids is 1. The minimum atomic E-state index is -0.651. The molecule has 1 aliphatic rings. The molecule has 4 nitrogen and oxygen atoms in total. The zero-order valence-corrected chi connectivity index (χ0v) is 10.7. The van der Waals surface area contributed by atoms with Crippen molar-refractivity contribution >= 4 is 11.6 Å². The Balaban J connectivity index is 1.82. The predicted molar refractivity (Wildman–Crippen MR) is 71.0 cm³/mol. The number of para-hydroxylation sites is 1. The van der Waals surface area contributed by atoms with E-state index in [0.717, 1.165) is 11.3 Å². The van der Waals surface area contributed by atoms with E-state index in [1.165, 1.54) is 0 Å². The maximum Gasteiger partial charge on any atom is 0.223 e. The number of benzene rings is 1. The van der Waals surface area contributed by atoms with E-state index in [4.69, 9.17) is 5.73 Å². The van der Waals surface area contributed by atoms with E-state index in [2.05, 4.69) is 0 Å². The van der Waals surface area contributed by atoms with Gasteiger partial charge in [-0.2, -0.15) is 0 Å². The number of β-amino-alcohol motifs (C(OH)–C–C–N with tert-alkyl or cyclic N) is 1. The first-order chi connectivity index (χ1) is 8.54. The Labute approximate surface area is 107 Å². The highest BCUT2D eigenvalue weighted by Gasteiger charge is 2.41. The van der Waals surface area contributed by atoms with Crippen LogP contribution in [-0.4, -0.2) is 34.6 Å². The van der Waals surface area contributed by atoms with E-state index >= 15 is 0 Å². The fourth-order valence-electron chi connectivity index (χ4n) is 2.23. The van der Waals surface area contributed by atoms with Crippen molar-refractivity contribution in [3.05, 3.63) is 29.8 Å². The van der Waals surface area contributed by atoms with E-state index in [-0.39, 0.29) is 5.91 Å². The van der Waals surface area contributed by atoms with Crippen LogP contribution in [0.15, 0.2) is 24.3 Å². The van der Waals surface area contributed by atoms with Crippen molar-refractivity contribution in [1.82, 2.24) is 4.90 Å². The second-order valence-electron chi connectivity index (χ2n) is 5.03. The number of nitrogens with zero attached hydrogens (tertiary/aromatic N) is 1. The third-order valence-corrected chi connectivity index (χ3v) is 3.64. The highest BCUT2D eigenvalue weighted by molar-refractivity contribution is 5.78. The third-order valence-electron chi connectivity index (χ3n) is 3.64. The van der Waals surface area contributed by atoms with Crippen LogP contribution in [0.25, 0.3) is 0 Å². The van der Waals surface area contributed by atoms with Crippen LogP contribution >= 0.6 is 0 Å². The summed E-state index contributed by atoms with van der Waals surface area (Å²) in [5.41, 5.74) is 6.92. The molecule has 1 aromatic rings. The van der Waals surface area contributed by atoms with Crippen molar-refractivity contribution in [3.63, 3.8) is 0 Å². The second kappa shape index (κ2) is 4.98. The zero-order chi connectivity index (χ0) is 13.2. The molecule has 1 aliphatic heterocycles. The van der Waals surface area contributed by atoms with Crippen LogP contribution in [0.4, 0.5) is 5.69 Å². The summed E-state index contributed by atoms with van der Waals surface area (Å²) in [6, 6.07) is 7.60. The molecule has 1 saturated heterocycles. The Morgan fingerprint density at radius 1 is 1.44 bits per heavy atom. The van der Waals surface area contributed by atoms with Gasteiger partial charge in [-0.1, -0.05) is 25.1 Å². The van der Waals surface area contributed by atoms with Gasteiger partial charge in [0.2, 0.25) is 5.91 Å². The average Bonchev–Trinajstić information content (AvgIpc) is 2.33. The molecule has 1 amide bonds. The monoisotopic (exact) mass is 248 g/mol. The van der Waals surface area contributed by atoms with Gasteiger partial charge >= 0.3 is 0 Å². The number of nitrogens with two attached hydrogens (primary N) is 1. The van der Waals surface area contributed by atoms with Gasteiger partial charge in [-0.05, 0) is 24.5 Å². The summed E-state index contributed by atoms with van der Waals surface area (Å²) in [6.07, 6.45) is 1.81. The number of carbonyl (C=O) groups is 1. The van der Waals surface area contributed by atoms with Crippen LogP contribution < -0.4 is 5.73 Å². The van der Waals surface area contributed by atoms with Crippen molar-refractivity contribution in [2.75, 3.05) is 18.8 Å². The van der Waals surface area contributed by atoms with Gasteiger partial charge in [0.05, 0.1) is 18.7 Å². The van der Waals surface area contributed by atoms with E-state index in [1.807, 2.05) is 31.2 Å². The molecule has 0 unspecified atom stereocenters. The molecule has 1 heterocycles. The SMILES string of the molecule is CCC1(O)CN(C(=O)CCc2ccccc2N)C1. The molecular formula is C14H20N2O2. The second-order valence-corrected chi connectivity index (χ2v) is 5.03. The summed E-state index contributed by atoms with van der Waals surface area (Å²) in [4.78, 5) is 13.6. The van der Waals surface area contributed by atoms with Crippen LogP contribution in [0, 0.1) is 0 Å². The summed E-state index contributed by atoms with van der Waals surface area (Å²) in [6.45, 7) is 2.87. The van der Waals surface area contributed by atoms with Crippen molar-refractivity contribution in [3.8, 4) is 0 Å². The third kappa shape index (κ3) is 2.64. The fraction of sp³-hybridized carbons (Fsp3) is 0.500. The standard InChI is InChI=1S/C14H20N2O2/c1-2-14(18)9-16(10-14)13(17)8-7-11-5-3-4-6-12(11)15/h3-6,18H,2,7-10,15H2,1H3. The van der Waals surface area contributed by atoms with E-state index in [0.29, 0.717) is 32.4 Å². The summed E-state index contributed by atoms with van der Waals surface area (Å²) in [5, 5.41) is 9.85. The molecule has 0 bridgehead atoms. The van der Waals surface area contributed by atoms with Crippen molar-refractivity contribution in [2.24, 2.45) is 0 Å². The van der Waals surface area contributed by atoms with Gasteiger partial charge in [0.15, 0.2) is 0 Å². The van der Waals surface area contributed by atoms with Gasteiger partial charge in [-0.15, -0.1) is 0 Å². The topological polar surface area (TPSA) is 66.6 Å². The minimum absolute atomic E-state index is 0.0939. The molecule has 0 spiro atoms. The van der Waals surface area contributed by atoms with Gasteiger partial charge in [-0.3, -0.25) is 4.79 Å². The predicted octanol–water partition coefficient (Wildman–Crippen LogP) is 1.18. The summed E-state index contributed by atoms with van der Waals surface area (Å²) in [7, 11) is 0. The van der Waals surface area contributed by atoms with Gasteiger partial charge in [0, 0.05) is 12.1 Å². The number of anilines is 1.